The molecule has 1 aliphatic rings. The molecule has 0 saturated heterocycles. The van der Waals surface area contributed by atoms with Gasteiger partial charge in [0.2, 0.25) is 0 Å². The smallest absolute Gasteiger partial charge is 0.0460 e. The lowest BCUT2D eigenvalue weighted by atomic mass is 10.0. The van der Waals surface area contributed by atoms with Gasteiger partial charge in [-0.15, -0.1) is 0 Å². The third-order valence-corrected chi connectivity index (χ3v) is 3.28. The van der Waals surface area contributed by atoms with Gasteiger partial charge in [0.1, 0.15) is 0 Å². The van der Waals surface area contributed by atoms with Crippen molar-refractivity contribution in [3.8, 4) is 0 Å². The first-order valence-corrected chi connectivity index (χ1v) is 5.78. The summed E-state index contributed by atoms with van der Waals surface area (Å²) in [7, 11) is 2.18. The van der Waals surface area contributed by atoms with E-state index >= 15 is 0 Å². The van der Waals surface area contributed by atoms with Crippen molar-refractivity contribution in [2.45, 2.75) is 6.42 Å². The maximum Gasteiger partial charge on any atom is 0.0460 e. The number of aromatic nitrogens is 1. The molecule has 16 heavy (non-hydrogen) atoms. The van der Waals surface area contributed by atoms with Crippen LogP contribution in [0.15, 0.2) is 36.5 Å². The van der Waals surface area contributed by atoms with Crippen LogP contribution >= 0.6 is 0 Å². The summed E-state index contributed by atoms with van der Waals surface area (Å²) in [5.74, 6) is 0. The minimum atomic E-state index is 1.06. The monoisotopic (exact) mass is 212 g/mol. The van der Waals surface area contributed by atoms with Crippen LogP contribution in [-0.2, 0) is 0 Å². The summed E-state index contributed by atoms with van der Waals surface area (Å²) in [4.78, 5) is 5.71. The summed E-state index contributed by atoms with van der Waals surface area (Å²) in [6.07, 6.45) is 5.66. The number of benzene rings is 1. The molecule has 1 aliphatic heterocycles. The summed E-state index contributed by atoms with van der Waals surface area (Å²) >= 11 is 0. The molecule has 0 amide bonds. The maximum absolute atomic E-state index is 3.34. The molecule has 1 N–H and O–H groups in total. The summed E-state index contributed by atoms with van der Waals surface area (Å²) in [5, 5.41) is 1.34. The van der Waals surface area contributed by atoms with E-state index in [0.29, 0.717) is 0 Å². The highest BCUT2D eigenvalue weighted by atomic mass is 15.1. The first-order chi connectivity index (χ1) is 7.84. The fraction of sp³-hybridized carbons (Fsp3) is 0.286. The van der Waals surface area contributed by atoms with Crippen LogP contribution in [0, 0.1) is 0 Å². The van der Waals surface area contributed by atoms with Crippen molar-refractivity contribution in [2.24, 2.45) is 0 Å². The molecule has 1 aromatic heterocycles. The molecule has 0 radical (unpaired) electrons. The Bertz CT molecular complexity index is 536. The molecule has 0 atom stereocenters. The predicted octanol–water partition coefficient (Wildman–Crippen LogP) is 2.89. The zero-order valence-electron chi connectivity index (χ0n) is 9.53. The van der Waals surface area contributed by atoms with Crippen LogP contribution in [0.5, 0.6) is 0 Å². The van der Waals surface area contributed by atoms with Gasteiger partial charge in [-0.1, -0.05) is 24.3 Å². The van der Waals surface area contributed by atoms with Gasteiger partial charge in [-0.25, -0.2) is 0 Å². The minimum Gasteiger partial charge on any atom is -0.361 e. The Balaban J connectivity index is 2.09. The van der Waals surface area contributed by atoms with Crippen LogP contribution in [0.4, 0.5) is 0 Å². The molecule has 2 heterocycles. The third kappa shape index (κ3) is 1.55. The second-order valence-electron chi connectivity index (χ2n) is 4.50. The highest BCUT2D eigenvalue weighted by Gasteiger charge is 2.13. The predicted molar refractivity (Wildman–Crippen MR) is 68.4 cm³/mol. The van der Waals surface area contributed by atoms with Gasteiger partial charge in [-0.3, -0.25) is 0 Å². The van der Waals surface area contributed by atoms with E-state index in [1.165, 1.54) is 28.6 Å². The van der Waals surface area contributed by atoms with Crippen molar-refractivity contribution < 1.29 is 0 Å². The van der Waals surface area contributed by atoms with E-state index in [0.717, 1.165) is 13.0 Å². The van der Waals surface area contributed by atoms with Crippen LogP contribution in [0.2, 0.25) is 0 Å². The van der Waals surface area contributed by atoms with E-state index in [-0.39, 0.29) is 0 Å². The number of hydrogen-bond donors (Lipinski definition) is 1. The maximum atomic E-state index is 3.34. The molecular weight excluding hydrogens is 196 g/mol. The van der Waals surface area contributed by atoms with Crippen LogP contribution in [0.1, 0.15) is 12.0 Å². The van der Waals surface area contributed by atoms with Crippen molar-refractivity contribution in [1.29, 1.82) is 0 Å². The highest BCUT2D eigenvalue weighted by Crippen LogP contribution is 2.27. The molecule has 82 valence electrons. The highest BCUT2D eigenvalue weighted by molar-refractivity contribution is 5.93. The van der Waals surface area contributed by atoms with Crippen molar-refractivity contribution in [3.63, 3.8) is 0 Å². The van der Waals surface area contributed by atoms with Crippen LogP contribution in [0.3, 0.4) is 0 Å². The van der Waals surface area contributed by atoms with E-state index < -0.39 is 0 Å². The Morgan fingerprint density at radius 2 is 2.12 bits per heavy atom. The Morgan fingerprint density at radius 1 is 1.25 bits per heavy atom. The Labute approximate surface area is 95.6 Å². The SMILES string of the molecule is CN1CCC=C(c2c[nH]c3ccccc23)C1. The van der Waals surface area contributed by atoms with E-state index in [4.69, 9.17) is 0 Å². The molecule has 0 spiro atoms. The number of para-hydroxylation sites is 1. The minimum absolute atomic E-state index is 1.06. The second-order valence-corrected chi connectivity index (χ2v) is 4.50. The lowest BCUT2D eigenvalue weighted by molar-refractivity contribution is 0.373. The Morgan fingerprint density at radius 3 is 3.00 bits per heavy atom. The standard InChI is InChI=1S/C14H16N2/c1-16-8-4-5-11(10-16)13-9-15-14-7-3-2-6-12(13)14/h2-3,5-7,9,15H,4,8,10H2,1H3. The molecule has 2 aromatic rings. The average Bonchev–Trinajstić information content (AvgIpc) is 2.72. The number of rotatable bonds is 1. The number of fused-ring (bicyclic) bond motifs is 1. The number of hydrogen-bond acceptors (Lipinski definition) is 1. The number of likely N-dealkylation sites (N-methyl/N-ethyl adjacent to an activating group) is 1. The average molecular weight is 212 g/mol. The van der Waals surface area contributed by atoms with Crippen molar-refractivity contribution in [1.82, 2.24) is 9.88 Å². The quantitative estimate of drug-likeness (QED) is 0.770. The van der Waals surface area contributed by atoms with Gasteiger partial charge in [-0.05, 0) is 25.1 Å². The molecule has 2 nitrogen and oxygen atoms in total. The van der Waals surface area contributed by atoms with E-state index in [1.807, 2.05) is 0 Å². The Hall–Kier alpha value is -1.54. The molecule has 0 aliphatic carbocycles. The molecule has 0 bridgehead atoms. The number of nitrogens with one attached hydrogen (secondary N) is 1. The van der Waals surface area contributed by atoms with Crippen LogP contribution in [-0.4, -0.2) is 30.0 Å². The second kappa shape index (κ2) is 3.80. The molecule has 2 heteroatoms. The van der Waals surface area contributed by atoms with Crippen LogP contribution < -0.4 is 0 Å². The lowest BCUT2D eigenvalue weighted by Crippen LogP contribution is -2.24. The van der Waals surface area contributed by atoms with E-state index in [2.05, 4.69) is 53.5 Å². The molecule has 0 fully saturated rings. The van der Waals surface area contributed by atoms with Gasteiger partial charge in [0, 0.05) is 35.8 Å². The third-order valence-electron chi connectivity index (χ3n) is 3.28. The van der Waals surface area contributed by atoms with Gasteiger partial charge in [-0.2, -0.15) is 0 Å². The first-order valence-electron chi connectivity index (χ1n) is 5.78. The number of nitrogens with zero attached hydrogens (tertiary/aromatic N) is 1. The number of H-pyrrole nitrogens is 1. The molecule has 0 unspecified atom stereocenters. The molecule has 0 saturated carbocycles. The summed E-state index contributed by atoms with van der Waals surface area (Å²) in [6, 6.07) is 8.50. The van der Waals surface area contributed by atoms with Gasteiger partial charge in [0.15, 0.2) is 0 Å². The fourth-order valence-corrected chi connectivity index (χ4v) is 2.43. The van der Waals surface area contributed by atoms with Crippen molar-refractivity contribution in [2.75, 3.05) is 20.1 Å². The summed E-state index contributed by atoms with van der Waals surface area (Å²) in [5.41, 5.74) is 4.04. The molecule has 3 rings (SSSR count). The van der Waals surface area contributed by atoms with Gasteiger partial charge < -0.3 is 9.88 Å². The van der Waals surface area contributed by atoms with E-state index in [9.17, 15) is 0 Å². The van der Waals surface area contributed by atoms with Crippen LogP contribution in [0.25, 0.3) is 16.5 Å². The zero-order chi connectivity index (χ0) is 11.0. The largest absolute Gasteiger partial charge is 0.361 e. The van der Waals surface area contributed by atoms with Gasteiger partial charge in [0.25, 0.3) is 0 Å². The Kier molecular flexibility index (Phi) is 2.29. The number of aromatic amines is 1. The van der Waals surface area contributed by atoms with Crippen molar-refractivity contribution in [3.05, 3.63) is 42.1 Å². The lowest BCUT2D eigenvalue weighted by Gasteiger charge is -2.22. The zero-order valence-corrected chi connectivity index (χ0v) is 9.53. The first kappa shape index (κ1) is 9.67. The normalized spacial score (nSPS) is 17.7. The van der Waals surface area contributed by atoms with E-state index in [1.54, 1.807) is 0 Å². The topological polar surface area (TPSA) is 19.0 Å². The van der Waals surface area contributed by atoms with Gasteiger partial charge >= 0.3 is 0 Å². The van der Waals surface area contributed by atoms with Gasteiger partial charge in [0.05, 0.1) is 0 Å². The summed E-state index contributed by atoms with van der Waals surface area (Å²) < 4.78 is 0. The molecule has 1 aromatic carbocycles. The fourth-order valence-electron chi connectivity index (χ4n) is 2.43. The van der Waals surface area contributed by atoms with Crippen molar-refractivity contribution >= 4 is 16.5 Å². The summed E-state index contributed by atoms with van der Waals surface area (Å²) in [6.45, 7) is 2.23. The molecular formula is C14H16N2.